The van der Waals surface area contributed by atoms with Crippen molar-refractivity contribution in [2.45, 2.75) is 91.8 Å². The van der Waals surface area contributed by atoms with Crippen LogP contribution >= 0.6 is 0 Å². The average Bonchev–Trinajstić information content (AvgIpc) is 3.35. The van der Waals surface area contributed by atoms with Crippen LogP contribution in [0.3, 0.4) is 0 Å². The van der Waals surface area contributed by atoms with Gasteiger partial charge in [0, 0.05) is 6.61 Å². The van der Waals surface area contributed by atoms with Crippen LogP contribution < -0.4 is 0 Å². The van der Waals surface area contributed by atoms with Gasteiger partial charge < -0.3 is 14.2 Å². The van der Waals surface area contributed by atoms with Gasteiger partial charge in [0.25, 0.3) is 0 Å². The molecule has 26 heavy (non-hydrogen) atoms. The number of benzene rings is 1. The topological polar surface area (TPSA) is 27.7 Å². The molecule has 0 aromatic heterocycles. The zero-order valence-electron chi connectivity index (χ0n) is 17.8. The minimum atomic E-state index is -0.613. The molecule has 1 aromatic carbocycles. The number of ether oxygens (including phenoxy) is 3. The molecule has 2 rings (SSSR count). The molecule has 1 aliphatic carbocycles. The number of hydrogen-bond donors (Lipinski definition) is 0. The van der Waals surface area contributed by atoms with Crippen molar-refractivity contribution in [3.8, 4) is 0 Å². The van der Waals surface area contributed by atoms with Crippen LogP contribution in [0.5, 0.6) is 0 Å². The zero-order chi connectivity index (χ0) is 19.4. The summed E-state index contributed by atoms with van der Waals surface area (Å²) in [4.78, 5) is 0. The van der Waals surface area contributed by atoms with E-state index >= 15 is 0 Å². The maximum atomic E-state index is 6.20. The van der Waals surface area contributed by atoms with Gasteiger partial charge >= 0.3 is 0 Å². The molecule has 0 amide bonds. The van der Waals surface area contributed by atoms with E-state index in [4.69, 9.17) is 14.2 Å². The second-order valence-electron chi connectivity index (χ2n) is 9.16. The van der Waals surface area contributed by atoms with Crippen LogP contribution in [-0.4, -0.2) is 24.1 Å². The van der Waals surface area contributed by atoms with E-state index in [-0.39, 0.29) is 11.7 Å². The molecule has 3 nitrogen and oxygen atoms in total. The molecule has 0 heterocycles. The van der Waals surface area contributed by atoms with Gasteiger partial charge in [-0.3, -0.25) is 0 Å². The Morgan fingerprint density at radius 1 is 0.962 bits per heavy atom. The maximum absolute atomic E-state index is 6.20. The van der Waals surface area contributed by atoms with E-state index < -0.39 is 5.79 Å². The molecule has 0 N–H and O–H groups in total. The lowest BCUT2D eigenvalue weighted by Crippen LogP contribution is -2.42. The van der Waals surface area contributed by atoms with Gasteiger partial charge in [-0.15, -0.1) is 0 Å². The van der Waals surface area contributed by atoms with Gasteiger partial charge in [-0.05, 0) is 76.8 Å². The lowest BCUT2D eigenvalue weighted by Gasteiger charge is -2.38. The maximum Gasteiger partial charge on any atom is 0.163 e. The Balaban J connectivity index is 1.78. The summed E-state index contributed by atoms with van der Waals surface area (Å²) in [7, 11) is 0. The van der Waals surface area contributed by atoms with Crippen LogP contribution in [0.25, 0.3) is 0 Å². The number of hydrogen-bond acceptors (Lipinski definition) is 3. The van der Waals surface area contributed by atoms with Crippen LogP contribution in [0.15, 0.2) is 24.3 Å². The van der Waals surface area contributed by atoms with Crippen LogP contribution in [0.1, 0.15) is 72.4 Å². The fraction of sp³-hybridized carbons (Fsp3) is 0.739. The van der Waals surface area contributed by atoms with E-state index in [1.807, 2.05) is 13.8 Å². The molecule has 1 atom stereocenters. The Kier molecular flexibility index (Phi) is 7.29. The Bertz CT molecular complexity index is 541. The van der Waals surface area contributed by atoms with Crippen molar-refractivity contribution in [1.29, 1.82) is 0 Å². The molecule has 148 valence electrons. The van der Waals surface area contributed by atoms with Crippen molar-refractivity contribution in [3.05, 3.63) is 35.4 Å². The highest BCUT2D eigenvalue weighted by Crippen LogP contribution is 2.30. The monoisotopic (exact) mass is 362 g/mol. The quantitative estimate of drug-likeness (QED) is 0.469. The average molecular weight is 363 g/mol. The molecule has 0 aliphatic heterocycles. The molecule has 0 bridgehead atoms. The van der Waals surface area contributed by atoms with Crippen molar-refractivity contribution < 1.29 is 14.2 Å². The lowest BCUT2D eigenvalue weighted by molar-refractivity contribution is -0.276. The summed E-state index contributed by atoms with van der Waals surface area (Å²) in [6.45, 7) is 16.2. The third-order valence-electron chi connectivity index (χ3n) is 5.35. The summed E-state index contributed by atoms with van der Waals surface area (Å²) in [5.41, 5.74) is 2.26. The second-order valence-corrected chi connectivity index (χ2v) is 9.16. The highest BCUT2D eigenvalue weighted by molar-refractivity contribution is 5.22. The lowest BCUT2D eigenvalue weighted by atomic mass is 9.94. The highest BCUT2D eigenvalue weighted by Gasteiger charge is 2.32. The molecular formula is C23H38O3. The SMILES string of the molecule is CC(Cc1ccc(COC(C)(C)OC(C)(C)C(C)C)cc1)OCC1CC1. The molecule has 1 aromatic rings. The first-order valence-electron chi connectivity index (χ1n) is 10.1. The summed E-state index contributed by atoms with van der Waals surface area (Å²) < 4.78 is 18.2. The molecule has 1 aliphatic rings. The third kappa shape index (κ3) is 7.38. The largest absolute Gasteiger partial charge is 0.378 e. The standard InChI is InChI=1S/C23H38O3/c1-17(2)22(4,5)26-23(6,7)25-16-21-10-8-19(9-11-21)14-18(3)24-15-20-12-13-20/h8-11,17-18,20H,12-16H2,1-7H3. The van der Waals surface area contributed by atoms with Gasteiger partial charge in [-0.25, -0.2) is 0 Å². The smallest absolute Gasteiger partial charge is 0.163 e. The Morgan fingerprint density at radius 2 is 1.54 bits per heavy atom. The minimum Gasteiger partial charge on any atom is -0.378 e. The van der Waals surface area contributed by atoms with Gasteiger partial charge in [0.15, 0.2) is 5.79 Å². The van der Waals surface area contributed by atoms with Gasteiger partial charge in [0.2, 0.25) is 0 Å². The van der Waals surface area contributed by atoms with Gasteiger partial charge in [-0.1, -0.05) is 38.1 Å². The predicted molar refractivity (Wildman–Crippen MR) is 107 cm³/mol. The van der Waals surface area contributed by atoms with Crippen LogP contribution in [0, 0.1) is 11.8 Å². The molecular weight excluding hydrogens is 324 g/mol. The molecule has 0 saturated heterocycles. The molecule has 0 spiro atoms. The van der Waals surface area contributed by atoms with Crippen LogP contribution in [0.4, 0.5) is 0 Å². The van der Waals surface area contributed by atoms with E-state index in [9.17, 15) is 0 Å². The van der Waals surface area contributed by atoms with E-state index in [0.717, 1.165) is 18.9 Å². The number of rotatable bonds is 11. The fourth-order valence-corrected chi connectivity index (χ4v) is 2.79. The van der Waals surface area contributed by atoms with Crippen molar-refractivity contribution in [3.63, 3.8) is 0 Å². The molecule has 0 radical (unpaired) electrons. The first-order valence-corrected chi connectivity index (χ1v) is 10.1. The molecule has 1 fully saturated rings. The van der Waals surface area contributed by atoms with Crippen molar-refractivity contribution in [2.24, 2.45) is 11.8 Å². The predicted octanol–water partition coefficient (Wildman–Crippen LogP) is 5.75. The van der Waals surface area contributed by atoms with Crippen molar-refractivity contribution in [1.82, 2.24) is 0 Å². The third-order valence-corrected chi connectivity index (χ3v) is 5.35. The Hall–Kier alpha value is -0.900. The van der Waals surface area contributed by atoms with Gasteiger partial charge in [0.1, 0.15) is 0 Å². The summed E-state index contributed by atoms with van der Waals surface area (Å²) in [5, 5.41) is 0. The Labute approximate surface area is 160 Å². The van der Waals surface area contributed by atoms with E-state index in [1.54, 1.807) is 0 Å². The first kappa shape index (κ1) is 21.4. The van der Waals surface area contributed by atoms with E-state index in [2.05, 4.69) is 58.9 Å². The first-order chi connectivity index (χ1) is 12.1. The van der Waals surface area contributed by atoms with Crippen molar-refractivity contribution >= 4 is 0 Å². The summed E-state index contributed by atoms with van der Waals surface area (Å²) in [6, 6.07) is 8.66. The highest BCUT2D eigenvalue weighted by atomic mass is 16.7. The second kappa shape index (κ2) is 8.86. The molecule has 1 unspecified atom stereocenters. The van der Waals surface area contributed by atoms with Crippen LogP contribution in [-0.2, 0) is 27.2 Å². The van der Waals surface area contributed by atoms with E-state index in [0.29, 0.717) is 12.5 Å². The van der Waals surface area contributed by atoms with Crippen molar-refractivity contribution in [2.75, 3.05) is 6.61 Å². The Morgan fingerprint density at radius 3 is 2.08 bits per heavy atom. The minimum absolute atomic E-state index is 0.218. The normalized spacial score (nSPS) is 16.9. The molecule has 3 heteroatoms. The summed E-state index contributed by atoms with van der Waals surface area (Å²) in [6.07, 6.45) is 3.93. The summed E-state index contributed by atoms with van der Waals surface area (Å²) in [5.74, 6) is 0.634. The fourth-order valence-electron chi connectivity index (χ4n) is 2.79. The van der Waals surface area contributed by atoms with Gasteiger partial charge in [0.05, 0.1) is 18.3 Å². The summed E-state index contributed by atoms with van der Waals surface area (Å²) >= 11 is 0. The van der Waals surface area contributed by atoms with Crippen LogP contribution in [0.2, 0.25) is 0 Å². The van der Waals surface area contributed by atoms with Gasteiger partial charge in [-0.2, -0.15) is 0 Å². The zero-order valence-corrected chi connectivity index (χ0v) is 17.8. The molecule has 1 saturated carbocycles. The van der Waals surface area contributed by atoms with E-state index in [1.165, 1.54) is 24.0 Å².